The van der Waals surface area contributed by atoms with E-state index in [1.165, 1.54) is 0 Å². The molecule has 0 heterocycles. The van der Waals surface area contributed by atoms with E-state index in [9.17, 15) is 9.00 Å². The van der Waals surface area contributed by atoms with Gasteiger partial charge in [0.25, 0.3) is 0 Å². The molecule has 78 valence electrons. The Balaban J connectivity index is 3.84. The zero-order chi connectivity index (χ0) is 10.4. The van der Waals surface area contributed by atoms with E-state index >= 15 is 0 Å². The quantitative estimate of drug-likeness (QED) is 0.724. The summed E-state index contributed by atoms with van der Waals surface area (Å²) in [7, 11) is 0.867. The third-order valence-corrected chi connectivity index (χ3v) is 2.65. The zero-order valence-corrected chi connectivity index (χ0v) is 9.48. The maximum Gasteiger partial charge on any atom is 0.317 e. The van der Waals surface area contributed by atoms with Gasteiger partial charge in [0.15, 0.2) is 0 Å². The van der Waals surface area contributed by atoms with Crippen LogP contribution in [0.3, 0.4) is 0 Å². The van der Waals surface area contributed by atoms with Crippen LogP contribution in [0.4, 0.5) is 4.79 Å². The summed E-state index contributed by atoms with van der Waals surface area (Å²) in [6.45, 7) is 4.43. The molecule has 2 unspecified atom stereocenters. The van der Waals surface area contributed by atoms with Crippen molar-refractivity contribution in [3.8, 4) is 0 Å². The van der Waals surface area contributed by atoms with Gasteiger partial charge in [-0.3, -0.25) is 4.21 Å². The summed E-state index contributed by atoms with van der Waals surface area (Å²) >= 11 is 0. The molecular weight excluding hydrogens is 188 g/mol. The van der Waals surface area contributed by atoms with Crippen LogP contribution in [0.2, 0.25) is 0 Å². The molecule has 0 rings (SSSR count). The molecule has 1 N–H and O–H groups in total. The first-order valence-electron chi connectivity index (χ1n) is 4.29. The van der Waals surface area contributed by atoms with Crippen LogP contribution in [-0.2, 0) is 10.8 Å². The molecule has 0 aliphatic carbocycles. The highest BCUT2D eigenvalue weighted by Gasteiger charge is 2.10. The van der Waals surface area contributed by atoms with Crippen molar-refractivity contribution >= 4 is 16.8 Å². The largest absolute Gasteiger partial charge is 0.335 e. The van der Waals surface area contributed by atoms with Crippen LogP contribution in [-0.4, -0.2) is 46.8 Å². The molecule has 4 nitrogen and oxygen atoms in total. The fourth-order valence-corrected chi connectivity index (χ4v) is 1.65. The van der Waals surface area contributed by atoms with E-state index < -0.39 is 10.8 Å². The molecule has 0 saturated carbocycles. The number of hydrogen-bond donors (Lipinski definition) is 1. The fourth-order valence-electron chi connectivity index (χ4n) is 0.858. The predicted octanol–water partition coefficient (Wildman–Crippen LogP) is 0.415. The average molecular weight is 206 g/mol. The lowest BCUT2D eigenvalue weighted by atomic mass is 10.4. The van der Waals surface area contributed by atoms with Gasteiger partial charge in [-0.05, 0) is 13.8 Å². The summed E-state index contributed by atoms with van der Waals surface area (Å²) in [6.07, 6.45) is 1.63. The van der Waals surface area contributed by atoms with Gasteiger partial charge >= 0.3 is 6.03 Å². The Kier molecular flexibility index (Phi) is 5.70. The molecule has 0 radical (unpaired) electrons. The Bertz CT molecular complexity index is 197. The first-order chi connectivity index (χ1) is 5.97. The van der Waals surface area contributed by atoms with Gasteiger partial charge in [0.05, 0.1) is 0 Å². The number of carbonyl (C=O) groups is 1. The van der Waals surface area contributed by atoms with Crippen molar-refractivity contribution in [1.29, 1.82) is 0 Å². The lowest BCUT2D eigenvalue weighted by Gasteiger charge is -2.19. The second kappa shape index (κ2) is 5.96. The van der Waals surface area contributed by atoms with Crippen LogP contribution < -0.4 is 5.32 Å². The Morgan fingerprint density at radius 2 is 2.15 bits per heavy atom. The molecule has 0 fully saturated rings. The molecule has 2 atom stereocenters. The van der Waals surface area contributed by atoms with Crippen molar-refractivity contribution < 1.29 is 9.00 Å². The molecular formula is C8H18N2O2S. The maximum absolute atomic E-state index is 11.3. The van der Waals surface area contributed by atoms with Crippen LogP contribution in [0.1, 0.15) is 13.8 Å². The lowest BCUT2D eigenvalue weighted by Crippen LogP contribution is -2.43. The van der Waals surface area contributed by atoms with E-state index in [0.29, 0.717) is 12.3 Å². The third-order valence-electron chi connectivity index (χ3n) is 1.68. The number of urea groups is 1. The number of nitrogens with zero attached hydrogens (tertiary/aromatic N) is 1. The molecule has 0 aromatic heterocycles. The monoisotopic (exact) mass is 206 g/mol. The van der Waals surface area contributed by atoms with E-state index in [4.69, 9.17) is 0 Å². The maximum atomic E-state index is 11.3. The number of carbonyl (C=O) groups excluding carboxylic acids is 1. The van der Waals surface area contributed by atoms with Crippen LogP contribution in [0.15, 0.2) is 0 Å². The second-order valence-electron chi connectivity index (χ2n) is 3.10. The summed E-state index contributed by atoms with van der Waals surface area (Å²) < 4.78 is 10.8. The van der Waals surface area contributed by atoms with Crippen molar-refractivity contribution in [3.05, 3.63) is 0 Å². The van der Waals surface area contributed by atoms with Crippen molar-refractivity contribution in [2.45, 2.75) is 19.9 Å². The molecule has 0 aliphatic rings. The molecule has 0 aromatic carbocycles. The second-order valence-corrected chi connectivity index (χ2v) is 4.58. The fraction of sp³-hybridized carbons (Fsp3) is 0.875. The van der Waals surface area contributed by atoms with Crippen molar-refractivity contribution in [3.63, 3.8) is 0 Å². The first-order valence-corrected chi connectivity index (χ1v) is 6.01. The molecule has 2 amide bonds. The number of nitrogens with one attached hydrogen (secondary N) is 1. The Morgan fingerprint density at radius 1 is 1.62 bits per heavy atom. The van der Waals surface area contributed by atoms with Crippen LogP contribution in [0, 0.1) is 0 Å². The highest BCUT2D eigenvalue weighted by atomic mass is 32.2. The molecule has 5 heteroatoms. The highest BCUT2D eigenvalue weighted by molar-refractivity contribution is 7.84. The molecule has 0 aliphatic heterocycles. The van der Waals surface area contributed by atoms with E-state index in [2.05, 4.69) is 5.32 Å². The van der Waals surface area contributed by atoms with Crippen molar-refractivity contribution in [2.24, 2.45) is 0 Å². The van der Waals surface area contributed by atoms with Crippen LogP contribution >= 0.6 is 0 Å². The van der Waals surface area contributed by atoms with E-state index in [-0.39, 0.29) is 12.1 Å². The molecule has 13 heavy (non-hydrogen) atoms. The normalized spacial score (nSPS) is 14.8. The topological polar surface area (TPSA) is 49.4 Å². The van der Waals surface area contributed by atoms with Crippen molar-refractivity contribution in [1.82, 2.24) is 10.2 Å². The Morgan fingerprint density at radius 3 is 2.54 bits per heavy atom. The number of rotatable bonds is 4. The van der Waals surface area contributed by atoms with Gasteiger partial charge in [-0.25, -0.2) is 4.79 Å². The minimum atomic E-state index is -0.861. The van der Waals surface area contributed by atoms with Gasteiger partial charge in [-0.1, -0.05) is 0 Å². The Hall–Kier alpha value is -0.580. The summed E-state index contributed by atoms with van der Waals surface area (Å²) in [5.74, 6) is 0.503. The molecule has 0 bridgehead atoms. The lowest BCUT2D eigenvalue weighted by molar-refractivity contribution is 0.208. The van der Waals surface area contributed by atoms with Gasteiger partial charge in [0.2, 0.25) is 0 Å². The molecule has 0 spiro atoms. The predicted molar refractivity (Wildman–Crippen MR) is 55.2 cm³/mol. The SMILES string of the molecule is CCN(C)C(=O)NC(C)CS(C)=O. The third kappa shape index (κ3) is 5.63. The van der Waals surface area contributed by atoms with Gasteiger partial charge < -0.3 is 10.2 Å². The smallest absolute Gasteiger partial charge is 0.317 e. The molecule has 0 aromatic rings. The average Bonchev–Trinajstić information content (AvgIpc) is 2.01. The van der Waals surface area contributed by atoms with Gasteiger partial charge in [-0.15, -0.1) is 0 Å². The van der Waals surface area contributed by atoms with E-state index in [1.807, 2.05) is 13.8 Å². The highest BCUT2D eigenvalue weighted by Crippen LogP contribution is 1.89. The van der Waals surface area contributed by atoms with E-state index in [1.54, 1.807) is 18.2 Å². The minimum absolute atomic E-state index is 0.0349. The van der Waals surface area contributed by atoms with Crippen LogP contribution in [0.25, 0.3) is 0 Å². The first kappa shape index (κ1) is 12.4. The Labute approximate surface area is 82.1 Å². The van der Waals surface area contributed by atoms with Gasteiger partial charge in [0.1, 0.15) is 0 Å². The van der Waals surface area contributed by atoms with Gasteiger partial charge in [-0.2, -0.15) is 0 Å². The van der Waals surface area contributed by atoms with Crippen LogP contribution in [0.5, 0.6) is 0 Å². The summed E-state index contributed by atoms with van der Waals surface area (Å²) in [6, 6.07) is -0.146. The number of amides is 2. The van der Waals surface area contributed by atoms with Crippen molar-refractivity contribution in [2.75, 3.05) is 25.6 Å². The summed E-state index contributed by atoms with van der Waals surface area (Å²) in [5.41, 5.74) is 0. The minimum Gasteiger partial charge on any atom is -0.335 e. The summed E-state index contributed by atoms with van der Waals surface area (Å²) in [4.78, 5) is 12.9. The molecule has 0 saturated heterocycles. The zero-order valence-electron chi connectivity index (χ0n) is 8.66. The number of hydrogen-bond acceptors (Lipinski definition) is 2. The van der Waals surface area contributed by atoms with Gasteiger partial charge in [0, 0.05) is 42.4 Å². The standard InChI is InChI=1S/C8H18N2O2S/c1-5-10(3)8(11)9-7(2)6-13(4)12/h7H,5-6H2,1-4H3,(H,9,11). The summed E-state index contributed by atoms with van der Waals surface area (Å²) in [5, 5.41) is 2.76. The van der Waals surface area contributed by atoms with E-state index in [0.717, 1.165) is 0 Å².